The average molecular weight is 768 g/mol. The third-order valence-electron chi connectivity index (χ3n) is 10.6. The molecule has 0 radical (unpaired) electrons. The van der Waals surface area contributed by atoms with E-state index in [1.165, 1.54) is 0 Å². The number of ether oxygens (including phenoxy) is 2. The molecule has 0 spiro atoms. The van der Waals surface area contributed by atoms with Crippen molar-refractivity contribution in [3.8, 4) is 17.1 Å². The molecular formula is C41H49N7O8. The van der Waals surface area contributed by atoms with E-state index in [0.29, 0.717) is 61.6 Å². The van der Waals surface area contributed by atoms with Crippen LogP contribution in [0.15, 0.2) is 53.3 Å². The first kappa shape index (κ1) is 39.9. The largest absolute Gasteiger partial charge is 0.489 e. The number of nitrogens with one attached hydrogen (secondary N) is 3. The first-order valence-electron chi connectivity index (χ1n) is 19.0. The van der Waals surface area contributed by atoms with Crippen molar-refractivity contribution < 1.29 is 33.8 Å². The normalized spacial score (nSPS) is 16.7. The highest BCUT2D eigenvalue weighted by atomic mass is 16.6. The van der Waals surface area contributed by atoms with E-state index in [1.54, 1.807) is 29.7 Å². The Labute approximate surface area is 324 Å². The number of nitrogens with two attached hydrogens (primary N) is 2. The molecule has 2 aliphatic rings. The number of cyclic esters (lactones) is 1. The van der Waals surface area contributed by atoms with Gasteiger partial charge in [0.05, 0.1) is 35.1 Å². The second-order valence-corrected chi connectivity index (χ2v) is 14.6. The summed E-state index contributed by atoms with van der Waals surface area (Å²) in [6.45, 7) is 8.11. The van der Waals surface area contributed by atoms with Crippen molar-refractivity contribution in [3.05, 3.63) is 86.7 Å². The Morgan fingerprint density at radius 2 is 1.79 bits per heavy atom. The zero-order chi connectivity index (χ0) is 40.3. The number of primary amides is 1. The SMILES string of the molecule is CCc1c2c(nc3ccc(OCc4ccc(NC(=O)[C@H](CCCCNC(N)=O)NC(=O)[C@@H](N)C(C)C)cc4)cc13)-c1cc3c(c(=O)n1C2)COC(=O)[C@]3(O)CC. The smallest absolute Gasteiger partial charge is 0.343 e. The van der Waals surface area contributed by atoms with Gasteiger partial charge < -0.3 is 46.6 Å². The molecule has 8 N–H and O–H groups in total. The quantitative estimate of drug-likeness (QED) is 0.0671. The number of aliphatic hydroxyl groups is 1. The number of esters is 1. The third-order valence-corrected chi connectivity index (χ3v) is 10.6. The van der Waals surface area contributed by atoms with Gasteiger partial charge in [-0.05, 0) is 85.5 Å². The molecule has 296 valence electrons. The number of unbranched alkanes of at least 4 members (excludes halogenated alkanes) is 1. The lowest BCUT2D eigenvalue weighted by Crippen LogP contribution is -2.51. The van der Waals surface area contributed by atoms with Crippen molar-refractivity contribution in [3.63, 3.8) is 0 Å². The number of aryl methyl sites for hydroxylation is 1. The van der Waals surface area contributed by atoms with Crippen molar-refractivity contribution >= 4 is 40.4 Å². The Morgan fingerprint density at radius 1 is 1.04 bits per heavy atom. The number of urea groups is 1. The second-order valence-electron chi connectivity index (χ2n) is 14.6. The molecule has 56 heavy (non-hydrogen) atoms. The number of hydrogen-bond donors (Lipinski definition) is 6. The van der Waals surface area contributed by atoms with E-state index < -0.39 is 35.6 Å². The van der Waals surface area contributed by atoms with Crippen molar-refractivity contribution in [2.45, 2.75) is 97.2 Å². The fraction of sp³-hybridized carbons (Fsp3) is 0.415. The van der Waals surface area contributed by atoms with E-state index in [-0.39, 0.29) is 48.1 Å². The van der Waals surface area contributed by atoms with Crippen LogP contribution in [0, 0.1) is 5.92 Å². The highest BCUT2D eigenvalue weighted by Gasteiger charge is 2.45. The Hall–Kier alpha value is -5.80. The minimum atomic E-state index is -1.89. The number of aromatic nitrogens is 2. The van der Waals surface area contributed by atoms with Gasteiger partial charge in [0, 0.05) is 28.7 Å². The van der Waals surface area contributed by atoms with E-state index in [1.807, 2.05) is 51.1 Å². The van der Waals surface area contributed by atoms with Crippen molar-refractivity contribution in [1.29, 1.82) is 0 Å². The van der Waals surface area contributed by atoms with Gasteiger partial charge in [-0.3, -0.25) is 14.4 Å². The van der Waals surface area contributed by atoms with E-state index in [4.69, 9.17) is 25.9 Å². The van der Waals surface area contributed by atoms with Crippen LogP contribution >= 0.6 is 0 Å². The maximum atomic E-state index is 13.7. The molecule has 4 amide bonds. The minimum Gasteiger partial charge on any atom is -0.489 e. The van der Waals surface area contributed by atoms with Crippen LogP contribution in [0.2, 0.25) is 0 Å². The number of nitrogens with zero attached hydrogens (tertiary/aromatic N) is 2. The molecule has 0 aliphatic carbocycles. The predicted octanol–water partition coefficient (Wildman–Crippen LogP) is 3.47. The van der Waals surface area contributed by atoms with Crippen LogP contribution in [0.1, 0.15) is 81.2 Å². The highest BCUT2D eigenvalue weighted by molar-refractivity contribution is 5.98. The number of rotatable bonds is 15. The molecule has 15 heteroatoms. The van der Waals surface area contributed by atoms with Gasteiger partial charge in [0.25, 0.3) is 5.56 Å². The average Bonchev–Trinajstić information content (AvgIpc) is 3.55. The van der Waals surface area contributed by atoms with Gasteiger partial charge in [-0.1, -0.05) is 39.8 Å². The summed E-state index contributed by atoms with van der Waals surface area (Å²) in [5, 5.41) is 20.3. The minimum absolute atomic E-state index is 0.0699. The molecule has 4 aromatic rings. The maximum absolute atomic E-state index is 13.7. The number of carbonyl (C=O) groups is 4. The lowest BCUT2D eigenvalue weighted by Gasteiger charge is -2.31. The van der Waals surface area contributed by atoms with Crippen LogP contribution in [0.25, 0.3) is 22.3 Å². The highest BCUT2D eigenvalue weighted by Crippen LogP contribution is 2.40. The van der Waals surface area contributed by atoms with Crippen LogP contribution < -0.4 is 37.7 Å². The number of pyridine rings is 2. The summed E-state index contributed by atoms with van der Waals surface area (Å²) in [7, 11) is 0. The zero-order valence-corrected chi connectivity index (χ0v) is 32.1. The second kappa shape index (κ2) is 16.5. The Balaban J connectivity index is 1.14. The molecule has 6 rings (SSSR count). The molecule has 0 fully saturated rings. The lowest BCUT2D eigenvalue weighted by molar-refractivity contribution is -0.172. The Morgan fingerprint density at radius 3 is 2.46 bits per heavy atom. The molecular weight excluding hydrogens is 718 g/mol. The number of benzene rings is 2. The number of carbonyl (C=O) groups excluding carboxylic acids is 4. The van der Waals surface area contributed by atoms with Crippen LogP contribution in [0.3, 0.4) is 0 Å². The molecule has 2 aromatic carbocycles. The first-order chi connectivity index (χ1) is 26.7. The maximum Gasteiger partial charge on any atom is 0.343 e. The topological polar surface area (TPSA) is 230 Å². The predicted molar refractivity (Wildman–Crippen MR) is 209 cm³/mol. The molecule has 2 aromatic heterocycles. The number of hydrogen-bond acceptors (Lipinski definition) is 10. The summed E-state index contributed by atoms with van der Waals surface area (Å²) in [5.41, 5.74) is 14.8. The standard InChI is InChI=1S/C41H49N7O8/c1-5-26-27-17-25(14-15-31(27)46-35-28(26)19-48-33(35)18-30-29(38(48)51)21-56-39(52)41(30,54)6-2)55-20-23-10-12-24(13-11-23)45-36(49)32(9-7-8-16-44-40(43)53)47-37(50)34(42)22(3)4/h10-15,17-18,22,32,34,54H,5-9,16,19-21,42H2,1-4H3,(H,45,49)(H,47,50)(H3,43,44,53)/t32-,34-,41-/m0/s1. The van der Waals surface area contributed by atoms with Crippen LogP contribution in [-0.4, -0.2) is 57.1 Å². The van der Waals surface area contributed by atoms with Crippen LogP contribution in [0.5, 0.6) is 5.75 Å². The summed E-state index contributed by atoms with van der Waals surface area (Å²) in [6.07, 6.45) is 2.21. The zero-order valence-electron chi connectivity index (χ0n) is 32.1. The molecule has 0 saturated heterocycles. The van der Waals surface area contributed by atoms with Crippen molar-refractivity contribution in [2.24, 2.45) is 17.4 Å². The molecule has 0 saturated carbocycles. The molecule has 2 aliphatic heterocycles. The number of fused-ring (bicyclic) bond motifs is 5. The fourth-order valence-corrected chi connectivity index (χ4v) is 7.24. The fourth-order valence-electron chi connectivity index (χ4n) is 7.24. The summed E-state index contributed by atoms with van der Waals surface area (Å²) in [4.78, 5) is 68.2. The lowest BCUT2D eigenvalue weighted by atomic mass is 9.86. The molecule has 0 unspecified atom stereocenters. The van der Waals surface area contributed by atoms with Gasteiger partial charge in [-0.2, -0.15) is 0 Å². The number of amides is 4. The van der Waals surface area contributed by atoms with E-state index in [2.05, 4.69) is 16.0 Å². The van der Waals surface area contributed by atoms with Crippen LogP contribution in [-0.2, 0) is 50.9 Å². The van der Waals surface area contributed by atoms with E-state index >= 15 is 0 Å². The van der Waals surface area contributed by atoms with Crippen LogP contribution in [0.4, 0.5) is 10.5 Å². The van der Waals surface area contributed by atoms with Gasteiger partial charge >= 0.3 is 12.0 Å². The molecule has 15 nitrogen and oxygen atoms in total. The third kappa shape index (κ3) is 7.95. The molecule has 3 atom stereocenters. The van der Waals surface area contributed by atoms with Crippen molar-refractivity contribution in [2.75, 3.05) is 11.9 Å². The number of anilines is 1. The summed E-state index contributed by atoms with van der Waals surface area (Å²) < 4.78 is 13.0. The van der Waals surface area contributed by atoms with E-state index in [0.717, 1.165) is 27.6 Å². The van der Waals surface area contributed by atoms with Gasteiger partial charge in [0.1, 0.15) is 25.0 Å². The Kier molecular flexibility index (Phi) is 11.8. The Bertz CT molecular complexity index is 2240. The van der Waals surface area contributed by atoms with Gasteiger partial charge in [0.2, 0.25) is 11.8 Å². The summed E-state index contributed by atoms with van der Waals surface area (Å²) in [5.74, 6) is -1.04. The molecule has 0 bridgehead atoms. The van der Waals surface area contributed by atoms with Gasteiger partial charge in [-0.25, -0.2) is 14.6 Å². The van der Waals surface area contributed by atoms with Crippen molar-refractivity contribution in [1.82, 2.24) is 20.2 Å². The molecule has 4 heterocycles. The monoisotopic (exact) mass is 767 g/mol. The van der Waals surface area contributed by atoms with Gasteiger partial charge in [0.15, 0.2) is 5.60 Å². The first-order valence-corrected chi connectivity index (χ1v) is 19.0. The van der Waals surface area contributed by atoms with Gasteiger partial charge in [-0.15, -0.1) is 0 Å². The summed E-state index contributed by atoms with van der Waals surface area (Å²) in [6, 6.07) is 12.3. The summed E-state index contributed by atoms with van der Waals surface area (Å²) >= 11 is 0. The van der Waals surface area contributed by atoms with E-state index in [9.17, 15) is 29.1 Å².